The fourth-order valence-electron chi connectivity index (χ4n) is 2.75. The van der Waals surface area contributed by atoms with Crippen LogP contribution < -0.4 is 15.8 Å². The Kier molecular flexibility index (Phi) is 7.25. The van der Waals surface area contributed by atoms with Crippen LogP contribution in [0.1, 0.15) is 32.6 Å². The Balaban J connectivity index is 0.00000312. The maximum Gasteiger partial charge on any atom is 0.246 e. The number of rotatable bonds is 6. The average Bonchev–Trinajstić information content (AvgIpc) is 2.97. The molecule has 0 heterocycles. The molecule has 0 atom stereocenters. The van der Waals surface area contributed by atoms with Crippen LogP contribution in [0.3, 0.4) is 0 Å². The molecule has 0 radical (unpaired) electrons. The first-order chi connectivity index (χ1) is 11.2. The van der Waals surface area contributed by atoms with Crippen molar-refractivity contribution in [3.8, 4) is 5.75 Å². The fourth-order valence-corrected chi connectivity index (χ4v) is 3.80. The number of hydrogen-bond donors (Lipinski definition) is 2. The minimum atomic E-state index is -3.70. The zero-order valence-corrected chi connectivity index (χ0v) is 16.4. The quantitative estimate of drug-likeness (QED) is 0.771. The highest BCUT2D eigenvalue weighted by molar-refractivity contribution is 7.89. The van der Waals surface area contributed by atoms with E-state index in [1.807, 2.05) is 0 Å². The number of ether oxygens (including phenoxy) is 1. The molecule has 1 aliphatic rings. The highest BCUT2D eigenvalue weighted by atomic mass is 35.5. The second-order valence-electron chi connectivity index (χ2n) is 6.20. The standard InChI is InChI=1S/C16H25N3O4S.ClH/c1-4-23-13-8-7-12(11-14(13)24(21,22)19(2)3)18-15(20)16(17)9-5-6-10-16;/h7-8,11H,4-6,9-10,17H2,1-3H3,(H,18,20);1H. The molecule has 7 nitrogen and oxygen atoms in total. The Morgan fingerprint density at radius 2 is 1.92 bits per heavy atom. The number of amides is 1. The molecule has 1 aliphatic carbocycles. The molecule has 0 spiro atoms. The Morgan fingerprint density at radius 1 is 1.32 bits per heavy atom. The van der Waals surface area contributed by atoms with Crippen molar-refractivity contribution >= 4 is 34.0 Å². The van der Waals surface area contributed by atoms with Gasteiger partial charge in [-0.2, -0.15) is 0 Å². The monoisotopic (exact) mass is 391 g/mol. The molecule has 25 heavy (non-hydrogen) atoms. The lowest BCUT2D eigenvalue weighted by Gasteiger charge is -2.23. The third kappa shape index (κ3) is 4.63. The largest absolute Gasteiger partial charge is 0.492 e. The summed E-state index contributed by atoms with van der Waals surface area (Å²) in [5.74, 6) is -0.0233. The molecular formula is C16H26ClN3O4S. The van der Waals surface area contributed by atoms with E-state index in [2.05, 4.69) is 5.32 Å². The third-order valence-corrected chi connectivity index (χ3v) is 6.04. The van der Waals surface area contributed by atoms with Crippen LogP contribution in [0, 0.1) is 0 Å². The number of nitrogens with one attached hydrogen (secondary N) is 1. The highest BCUT2D eigenvalue weighted by Gasteiger charge is 2.37. The van der Waals surface area contributed by atoms with E-state index in [1.54, 1.807) is 19.1 Å². The molecule has 0 saturated heterocycles. The van der Waals surface area contributed by atoms with Crippen LogP contribution in [-0.4, -0.2) is 44.9 Å². The number of carbonyl (C=O) groups is 1. The van der Waals surface area contributed by atoms with E-state index in [0.29, 0.717) is 25.1 Å². The van der Waals surface area contributed by atoms with E-state index in [-0.39, 0.29) is 29.0 Å². The van der Waals surface area contributed by atoms with Gasteiger partial charge in [0, 0.05) is 19.8 Å². The molecular weight excluding hydrogens is 366 g/mol. The molecule has 1 fully saturated rings. The summed E-state index contributed by atoms with van der Waals surface area (Å²) in [4.78, 5) is 12.4. The molecule has 0 aromatic heterocycles. The number of sulfonamides is 1. The second kappa shape index (κ2) is 8.35. The van der Waals surface area contributed by atoms with Gasteiger partial charge in [0.15, 0.2) is 0 Å². The lowest BCUT2D eigenvalue weighted by molar-refractivity contribution is -0.121. The van der Waals surface area contributed by atoms with Crippen molar-refractivity contribution in [3.05, 3.63) is 18.2 Å². The van der Waals surface area contributed by atoms with Gasteiger partial charge >= 0.3 is 0 Å². The van der Waals surface area contributed by atoms with Gasteiger partial charge in [0.05, 0.1) is 12.1 Å². The average molecular weight is 392 g/mol. The lowest BCUT2D eigenvalue weighted by atomic mass is 9.98. The normalized spacial score (nSPS) is 16.4. The zero-order chi connectivity index (χ0) is 18.0. The van der Waals surface area contributed by atoms with Crippen LogP contribution in [0.5, 0.6) is 5.75 Å². The van der Waals surface area contributed by atoms with Crippen molar-refractivity contribution in [1.82, 2.24) is 4.31 Å². The van der Waals surface area contributed by atoms with Crippen molar-refractivity contribution in [1.29, 1.82) is 0 Å². The fraction of sp³-hybridized carbons (Fsp3) is 0.562. The molecule has 3 N–H and O–H groups in total. The number of halogens is 1. The van der Waals surface area contributed by atoms with Gasteiger partial charge in [0.2, 0.25) is 15.9 Å². The molecule has 0 unspecified atom stereocenters. The number of benzene rings is 1. The van der Waals surface area contributed by atoms with E-state index >= 15 is 0 Å². The first-order valence-corrected chi connectivity index (χ1v) is 9.44. The Labute approximate surface area is 155 Å². The summed E-state index contributed by atoms with van der Waals surface area (Å²) in [6.45, 7) is 2.12. The van der Waals surface area contributed by atoms with Crippen molar-refractivity contribution in [2.45, 2.75) is 43.0 Å². The molecule has 142 valence electrons. The van der Waals surface area contributed by atoms with Crippen LogP contribution in [0.4, 0.5) is 5.69 Å². The van der Waals surface area contributed by atoms with Crippen molar-refractivity contribution in [2.24, 2.45) is 5.73 Å². The number of anilines is 1. The first-order valence-electron chi connectivity index (χ1n) is 8.00. The van der Waals surface area contributed by atoms with Gasteiger partial charge in [-0.05, 0) is 38.0 Å². The molecule has 1 saturated carbocycles. The predicted octanol–water partition coefficient (Wildman–Crippen LogP) is 1.97. The van der Waals surface area contributed by atoms with E-state index in [1.165, 1.54) is 20.2 Å². The van der Waals surface area contributed by atoms with E-state index in [0.717, 1.165) is 17.1 Å². The summed E-state index contributed by atoms with van der Waals surface area (Å²) in [5.41, 5.74) is 5.65. The third-order valence-electron chi connectivity index (χ3n) is 4.21. The molecule has 2 rings (SSSR count). The van der Waals surface area contributed by atoms with Crippen molar-refractivity contribution in [2.75, 3.05) is 26.0 Å². The summed E-state index contributed by atoms with van der Waals surface area (Å²) in [7, 11) is -0.800. The Bertz CT molecular complexity index is 716. The molecule has 1 aromatic rings. The van der Waals surface area contributed by atoms with Gasteiger partial charge in [0.1, 0.15) is 10.6 Å². The Hall–Kier alpha value is -1.35. The van der Waals surface area contributed by atoms with Crippen molar-refractivity contribution < 1.29 is 17.9 Å². The smallest absolute Gasteiger partial charge is 0.246 e. The topological polar surface area (TPSA) is 102 Å². The van der Waals surface area contributed by atoms with E-state index in [4.69, 9.17) is 10.5 Å². The van der Waals surface area contributed by atoms with Crippen LogP contribution in [0.2, 0.25) is 0 Å². The van der Waals surface area contributed by atoms with Gasteiger partial charge in [-0.3, -0.25) is 4.79 Å². The number of nitrogens with zero attached hydrogens (tertiary/aromatic N) is 1. The Morgan fingerprint density at radius 3 is 2.44 bits per heavy atom. The maximum absolute atomic E-state index is 12.5. The number of nitrogens with two attached hydrogens (primary N) is 1. The zero-order valence-electron chi connectivity index (χ0n) is 14.7. The lowest BCUT2D eigenvalue weighted by Crippen LogP contribution is -2.48. The van der Waals surface area contributed by atoms with Crippen LogP contribution in [0.25, 0.3) is 0 Å². The summed E-state index contributed by atoms with van der Waals surface area (Å²) < 4.78 is 31.5. The maximum atomic E-state index is 12.5. The van der Waals surface area contributed by atoms with Gasteiger partial charge < -0.3 is 15.8 Å². The van der Waals surface area contributed by atoms with Crippen LogP contribution in [-0.2, 0) is 14.8 Å². The van der Waals surface area contributed by atoms with Crippen molar-refractivity contribution in [3.63, 3.8) is 0 Å². The first kappa shape index (κ1) is 21.7. The molecule has 0 bridgehead atoms. The predicted molar refractivity (Wildman–Crippen MR) is 99.7 cm³/mol. The minimum absolute atomic E-state index is 0. The molecule has 1 amide bonds. The summed E-state index contributed by atoms with van der Waals surface area (Å²) >= 11 is 0. The van der Waals surface area contributed by atoms with Gasteiger partial charge in [0.25, 0.3) is 0 Å². The summed E-state index contributed by atoms with van der Waals surface area (Å²) in [5, 5.41) is 2.74. The number of hydrogen-bond acceptors (Lipinski definition) is 5. The molecule has 9 heteroatoms. The molecule has 0 aliphatic heterocycles. The SMILES string of the molecule is CCOc1ccc(NC(=O)C2(N)CCCC2)cc1S(=O)(=O)N(C)C.Cl. The second-order valence-corrected chi connectivity index (χ2v) is 8.32. The minimum Gasteiger partial charge on any atom is -0.492 e. The van der Waals surface area contributed by atoms with Gasteiger partial charge in [-0.15, -0.1) is 12.4 Å². The van der Waals surface area contributed by atoms with Gasteiger partial charge in [-0.1, -0.05) is 12.8 Å². The number of carbonyl (C=O) groups excluding carboxylic acids is 1. The van der Waals surface area contributed by atoms with E-state index in [9.17, 15) is 13.2 Å². The van der Waals surface area contributed by atoms with Crippen LogP contribution in [0.15, 0.2) is 23.1 Å². The highest BCUT2D eigenvalue weighted by Crippen LogP contribution is 2.31. The summed E-state index contributed by atoms with van der Waals surface area (Å²) in [6.07, 6.45) is 3.12. The molecule has 1 aromatic carbocycles. The van der Waals surface area contributed by atoms with Crippen LogP contribution >= 0.6 is 12.4 Å². The van der Waals surface area contributed by atoms with E-state index < -0.39 is 15.6 Å². The van der Waals surface area contributed by atoms with Gasteiger partial charge in [-0.25, -0.2) is 12.7 Å². The summed E-state index contributed by atoms with van der Waals surface area (Å²) in [6, 6.07) is 4.58.